The summed E-state index contributed by atoms with van der Waals surface area (Å²) in [5, 5.41) is 12.1. The Hall–Kier alpha value is -0.610. The minimum Gasteiger partial charge on any atom is -0.481 e. The number of aliphatic carboxylic acids is 1. The first-order chi connectivity index (χ1) is 6.95. The van der Waals surface area contributed by atoms with Crippen molar-refractivity contribution in [3.63, 3.8) is 0 Å². The van der Waals surface area contributed by atoms with Crippen molar-refractivity contribution in [1.82, 2.24) is 5.32 Å². The van der Waals surface area contributed by atoms with Gasteiger partial charge in [-0.05, 0) is 33.2 Å². The summed E-state index contributed by atoms with van der Waals surface area (Å²) in [5.41, 5.74) is -0.481. The van der Waals surface area contributed by atoms with Gasteiger partial charge < -0.3 is 15.2 Å². The number of ether oxygens (including phenoxy) is 1. The summed E-state index contributed by atoms with van der Waals surface area (Å²) < 4.78 is 5.72. The lowest BCUT2D eigenvalue weighted by molar-refractivity contribution is -0.144. The molecule has 1 fully saturated rings. The lowest BCUT2D eigenvalue weighted by atomic mass is 9.77. The Morgan fingerprint density at radius 2 is 2.27 bits per heavy atom. The Bertz CT molecular complexity index is 244. The summed E-state index contributed by atoms with van der Waals surface area (Å²) in [5.74, 6) is -0.746. The van der Waals surface area contributed by atoms with E-state index < -0.39 is 5.97 Å². The molecule has 1 aliphatic heterocycles. The number of hydrogen-bond acceptors (Lipinski definition) is 3. The second-order valence-electron chi connectivity index (χ2n) is 4.68. The molecule has 0 spiro atoms. The quantitative estimate of drug-likeness (QED) is 0.744. The standard InChI is InChI=1S/C11H21NO3/c1-4-10(2)8-11(12-3,5-6-15-10)7-9(13)14/h12H,4-8H2,1-3H3,(H,13,14). The monoisotopic (exact) mass is 215 g/mol. The van der Waals surface area contributed by atoms with E-state index in [0.717, 1.165) is 19.3 Å². The van der Waals surface area contributed by atoms with Crippen LogP contribution < -0.4 is 5.32 Å². The molecule has 1 rings (SSSR count). The van der Waals surface area contributed by atoms with Crippen molar-refractivity contribution in [2.24, 2.45) is 0 Å². The molecule has 0 aromatic heterocycles. The van der Waals surface area contributed by atoms with Crippen LogP contribution in [0.4, 0.5) is 0 Å². The highest BCUT2D eigenvalue weighted by Gasteiger charge is 2.42. The van der Waals surface area contributed by atoms with Crippen LogP contribution in [0.1, 0.15) is 39.5 Å². The molecular weight excluding hydrogens is 194 g/mol. The Kier molecular flexibility index (Phi) is 3.73. The molecule has 2 atom stereocenters. The van der Waals surface area contributed by atoms with Gasteiger partial charge in [-0.15, -0.1) is 0 Å². The second kappa shape index (κ2) is 4.49. The molecule has 2 N–H and O–H groups in total. The zero-order valence-corrected chi connectivity index (χ0v) is 9.80. The van der Waals surface area contributed by atoms with Crippen molar-refractivity contribution >= 4 is 5.97 Å². The molecule has 0 radical (unpaired) electrons. The van der Waals surface area contributed by atoms with Crippen molar-refractivity contribution in [1.29, 1.82) is 0 Å². The van der Waals surface area contributed by atoms with Gasteiger partial charge in [0.2, 0.25) is 0 Å². The molecule has 1 heterocycles. The predicted octanol–water partition coefficient (Wildman–Crippen LogP) is 1.40. The molecule has 0 aromatic rings. The molecule has 1 aliphatic rings. The van der Waals surface area contributed by atoms with E-state index in [2.05, 4.69) is 19.2 Å². The van der Waals surface area contributed by atoms with E-state index in [-0.39, 0.29) is 17.6 Å². The fourth-order valence-corrected chi connectivity index (χ4v) is 2.32. The van der Waals surface area contributed by atoms with Gasteiger partial charge in [0, 0.05) is 12.1 Å². The molecule has 4 heteroatoms. The average molecular weight is 215 g/mol. The summed E-state index contributed by atoms with van der Waals surface area (Å²) in [6.07, 6.45) is 2.61. The number of nitrogens with one attached hydrogen (secondary N) is 1. The zero-order chi connectivity index (χ0) is 11.5. The number of carboxylic acids is 1. The molecule has 0 amide bonds. The summed E-state index contributed by atoms with van der Waals surface area (Å²) in [6, 6.07) is 0. The number of hydrogen-bond donors (Lipinski definition) is 2. The lowest BCUT2D eigenvalue weighted by Crippen LogP contribution is -2.55. The van der Waals surface area contributed by atoms with Gasteiger partial charge in [-0.3, -0.25) is 4.79 Å². The van der Waals surface area contributed by atoms with Gasteiger partial charge in [-0.1, -0.05) is 6.92 Å². The van der Waals surface area contributed by atoms with Crippen LogP contribution in [0.3, 0.4) is 0 Å². The maximum atomic E-state index is 10.9. The molecule has 1 saturated heterocycles. The number of carboxylic acid groups (broad SMARTS) is 1. The SMILES string of the molecule is CCC1(C)CC(CC(=O)O)(NC)CCO1. The van der Waals surface area contributed by atoms with Gasteiger partial charge in [0.15, 0.2) is 0 Å². The summed E-state index contributed by atoms with van der Waals surface area (Å²) in [7, 11) is 1.84. The molecule has 88 valence electrons. The van der Waals surface area contributed by atoms with Crippen LogP contribution in [0.15, 0.2) is 0 Å². The molecule has 0 bridgehead atoms. The van der Waals surface area contributed by atoms with E-state index in [1.54, 1.807) is 0 Å². The topological polar surface area (TPSA) is 58.6 Å². The Morgan fingerprint density at radius 3 is 2.73 bits per heavy atom. The van der Waals surface area contributed by atoms with Crippen LogP contribution in [0.25, 0.3) is 0 Å². The molecule has 4 nitrogen and oxygen atoms in total. The van der Waals surface area contributed by atoms with Crippen LogP contribution in [0.2, 0.25) is 0 Å². The minimum atomic E-state index is -0.746. The average Bonchev–Trinajstić information content (AvgIpc) is 2.17. The van der Waals surface area contributed by atoms with E-state index in [1.165, 1.54) is 0 Å². The number of rotatable bonds is 4. The van der Waals surface area contributed by atoms with Crippen LogP contribution >= 0.6 is 0 Å². The highest BCUT2D eigenvalue weighted by atomic mass is 16.5. The van der Waals surface area contributed by atoms with Gasteiger partial charge in [0.1, 0.15) is 0 Å². The van der Waals surface area contributed by atoms with Crippen LogP contribution in [0.5, 0.6) is 0 Å². The minimum absolute atomic E-state index is 0.169. The Labute approximate surface area is 91.0 Å². The third kappa shape index (κ3) is 2.92. The third-order valence-corrected chi connectivity index (χ3v) is 3.51. The highest BCUT2D eigenvalue weighted by molar-refractivity contribution is 5.68. The largest absolute Gasteiger partial charge is 0.481 e. The highest BCUT2D eigenvalue weighted by Crippen LogP contribution is 2.36. The van der Waals surface area contributed by atoms with E-state index in [0.29, 0.717) is 6.61 Å². The molecular formula is C11H21NO3. The van der Waals surface area contributed by atoms with E-state index in [9.17, 15) is 4.79 Å². The molecule has 0 aliphatic carbocycles. The fourth-order valence-electron chi connectivity index (χ4n) is 2.32. The maximum absolute atomic E-state index is 10.9. The van der Waals surface area contributed by atoms with Crippen molar-refractivity contribution in [3.05, 3.63) is 0 Å². The van der Waals surface area contributed by atoms with Crippen molar-refractivity contribution in [3.8, 4) is 0 Å². The molecule has 15 heavy (non-hydrogen) atoms. The van der Waals surface area contributed by atoms with Crippen LogP contribution in [-0.2, 0) is 9.53 Å². The summed E-state index contributed by atoms with van der Waals surface area (Å²) in [4.78, 5) is 10.9. The van der Waals surface area contributed by atoms with Gasteiger partial charge in [0.25, 0.3) is 0 Å². The van der Waals surface area contributed by atoms with Gasteiger partial charge in [-0.2, -0.15) is 0 Å². The zero-order valence-electron chi connectivity index (χ0n) is 9.80. The molecule has 0 saturated carbocycles. The van der Waals surface area contributed by atoms with Crippen molar-refractivity contribution < 1.29 is 14.6 Å². The molecule has 2 unspecified atom stereocenters. The first-order valence-electron chi connectivity index (χ1n) is 5.50. The van der Waals surface area contributed by atoms with Crippen LogP contribution in [-0.4, -0.2) is 35.9 Å². The molecule has 0 aromatic carbocycles. The smallest absolute Gasteiger partial charge is 0.305 e. The van der Waals surface area contributed by atoms with Gasteiger partial charge in [0.05, 0.1) is 12.0 Å². The summed E-state index contributed by atoms with van der Waals surface area (Å²) >= 11 is 0. The Balaban J connectivity index is 2.76. The lowest BCUT2D eigenvalue weighted by Gasteiger charge is -2.45. The first kappa shape index (κ1) is 12.5. The Morgan fingerprint density at radius 1 is 1.60 bits per heavy atom. The van der Waals surface area contributed by atoms with E-state index in [4.69, 9.17) is 9.84 Å². The maximum Gasteiger partial charge on any atom is 0.305 e. The van der Waals surface area contributed by atoms with Crippen LogP contribution in [0, 0.1) is 0 Å². The first-order valence-corrected chi connectivity index (χ1v) is 5.50. The summed E-state index contributed by atoms with van der Waals surface area (Å²) in [6.45, 7) is 4.77. The van der Waals surface area contributed by atoms with Crippen molar-refractivity contribution in [2.75, 3.05) is 13.7 Å². The predicted molar refractivity (Wildman–Crippen MR) is 57.9 cm³/mol. The normalized spacial score (nSPS) is 36.5. The second-order valence-corrected chi connectivity index (χ2v) is 4.68. The van der Waals surface area contributed by atoms with Gasteiger partial charge >= 0.3 is 5.97 Å². The van der Waals surface area contributed by atoms with E-state index in [1.807, 2.05) is 7.05 Å². The van der Waals surface area contributed by atoms with E-state index >= 15 is 0 Å². The third-order valence-electron chi connectivity index (χ3n) is 3.51. The fraction of sp³-hybridized carbons (Fsp3) is 0.909. The van der Waals surface area contributed by atoms with Crippen molar-refractivity contribution in [2.45, 2.75) is 50.7 Å². The van der Waals surface area contributed by atoms with Gasteiger partial charge in [-0.25, -0.2) is 0 Å². The number of carbonyl (C=O) groups is 1.